The second-order valence-corrected chi connectivity index (χ2v) is 6.12. The van der Waals surface area contributed by atoms with Gasteiger partial charge in [0, 0.05) is 6.42 Å². The van der Waals surface area contributed by atoms with E-state index in [1.54, 1.807) is 11.8 Å². The predicted molar refractivity (Wildman–Crippen MR) is 98.3 cm³/mol. The first-order valence-corrected chi connectivity index (χ1v) is 8.78. The molecule has 0 radical (unpaired) electrons. The van der Waals surface area contributed by atoms with Crippen molar-refractivity contribution in [1.29, 1.82) is 0 Å². The average molecular weight is 371 g/mol. The maximum Gasteiger partial charge on any atom is 0.214 e. The quantitative estimate of drug-likeness (QED) is 0.651. The van der Waals surface area contributed by atoms with Gasteiger partial charge in [0.1, 0.15) is 0 Å². The Balaban J connectivity index is 2.17. The molecule has 1 heterocycles. The zero-order chi connectivity index (χ0) is 17.5. The summed E-state index contributed by atoms with van der Waals surface area (Å²) in [7, 11) is 1.60. The Morgan fingerprint density at radius 3 is 2.79 bits per heavy atom. The van der Waals surface area contributed by atoms with Gasteiger partial charge in [-0.15, -0.1) is 0 Å². The lowest BCUT2D eigenvalue weighted by Gasteiger charge is -2.15. The van der Waals surface area contributed by atoms with Gasteiger partial charge in [0.25, 0.3) is 0 Å². The smallest absolute Gasteiger partial charge is 0.214 e. The van der Waals surface area contributed by atoms with Gasteiger partial charge >= 0.3 is 0 Å². The van der Waals surface area contributed by atoms with Crippen LogP contribution in [0.2, 0.25) is 5.02 Å². The van der Waals surface area contributed by atoms with Crippen molar-refractivity contribution in [3.63, 3.8) is 0 Å². The molecule has 0 bridgehead atoms. The maximum absolute atomic E-state index is 6.34. The molecule has 2 N–H and O–H groups in total. The number of aromatic nitrogens is 3. The van der Waals surface area contributed by atoms with E-state index >= 15 is 0 Å². The molecule has 0 spiro atoms. The molecular weight excluding hydrogens is 348 g/mol. The minimum atomic E-state index is 0.532. The van der Waals surface area contributed by atoms with Crippen molar-refractivity contribution in [3.8, 4) is 11.5 Å². The topological polar surface area (TPSA) is 64.1 Å². The Morgan fingerprint density at radius 1 is 1.33 bits per heavy atom. The first-order chi connectivity index (χ1) is 11.6. The number of hydrogen-bond acceptors (Lipinski definition) is 5. The number of nitrogens with zero attached hydrogens (tertiary/aromatic N) is 2. The number of rotatable bonds is 9. The van der Waals surface area contributed by atoms with Gasteiger partial charge in [-0.1, -0.05) is 25.4 Å². The van der Waals surface area contributed by atoms with E-state index in [1.807, 2.05) is 19.1 Å². The number of halogens is 1. The van der Waals surface area contributed by atoms with Crippen LogP contribution in [0.1, 0.15) is 38.1 Å². The zero-order valence-electron chi connectivity index (χ0n) is 14.2. The maximum atomic E-state index is 6.34. The van der Waals surface area contributed by atoms with Crippen LogP contribution in [0.4, 0.5) is 0 Å². The molecule has 24 heavy (non-hydrogen) atoms. The highest BCUT2D eigenvalue weighted by molar-refractivity contribution is 7.71. The van der Waals surface area contributed by atoms with E-state index in [1.165, 1.54) is 0 Å². The number of H-pyrrole nitrogens is 1. The molecule has 0 fully saturated rings. The number of hydrogen-bond donors (Lipinski definition) is 2. The Morgan fingerprint density at radius 2 is 2.12 bits per heavy atom. The fraction of sp³-hybridized carbons (Fsp3) is 0.500. The summed E-state index contributed by atoms with van der Waals surface area (Å²) < 4.78 is 13.4. The van der Waals surface area contributed by atoms with E-state index in [9.17, 15) is 0 Å². The molecule has 0 unspecified atom stereocenters. The van der Waals surface area contributed by atoms with Crippen molar-refractivity contribution < 1.29 is 9.47 Å². The number of ether oxygens (including phenoxy) is 2. The average Bonchev–Trinajstić information content (AvgIpc) is 2.92. The molecular formula is C16H23ClN4O2S. The van der Waals surface area contributed by atoms with E-state index in [0.29, 0.717) is 34.4 Å². The number of nitrogens with one attached hydrogen (secondary N) is 2. The third-order valence-corrected chi connectivity index (χ3v) is 3.95. The molecule has 8 heteroatoms. The monoisotopic (exact) mass is 370 g/mol. The lowest BCUT2D eigenvalue weighted by atomic mass is 10.2. The van der Waals surface area contributed by atoms with Crippen LogP contribution in [0, 0.1) is 4.77 Å². The van der Waals surface area contributed by atoms with Crippen LogP contribution in [0.15, 0.2) is 12.1 Å². The first kappa shape index (κ1) is 18.6. The molecule has 0 atom stereocenters. The standard InChI is InChI=1S/C16H23ClN4O2S/c1-4-6-14-19-20-16(24)21(14)18-10-11-8-12(17)15(23-7-5-2)13(9-11)22-3/h8-9,18H,4-7,10H2,1-3H3,(H,20,24). The Hall–Kier alpha value is -1.73. The predicted octanol–water partition coefficient (Wildman–Crippen LogP) is 4.09. The van der Waals surface area contributed by atoms with Gasteiger partial charge in [0.2, 0.25) is 4.77 Å². The van der Waals surface area contributed by atoms with Crippen LogP contribution in [-0.4, -0.2) is 28.6 Å². The van der Waals surface area contributed by atoms with Crippen molar-refractivity contribution in [2.45, 2.75) is 39.7 Å². The molecule has 1 aromatic carbocycles. The molecule has 0 saturated carbocycles. The Labute approximate surface area is 152 Å². The number of aryl methyl sites for hydroxylation is 1. The Kier molecular flexibility index (Phi) is 6.93. The summed E-state index contributed by atoms with van der Waals surface area (Å²) in [6.45, 7) is 5.27. The summed E-state index contributed by atoms with van der Waals surface area (Å²) in [5, 5.41) is 7.57. The summed E-state index contributed by atoms with van der Waals surface area (Å²) >= 11 is 11.6. The van der Waals surface area contributed by atoms with Gasteiger partial charge in [0.15, 0.2) is 17.3 Å². The largest absolute Gasteiger partial charge is 0.493 e. The van der Waals surface area contributed by atoms with Gasteiger partial charge in [-0.3, -0.25) is 5.10 Å². The second-order valence-electron chi connectivity index (χ2n) is 5.32. The molecule has 1 aromatic heterocycles. The number of aromatic amines is 1. The third kappa shape index (κ3) is 4.42. The molecule has 0 aliphatic heterocycles. The van der Waals surface area contributed by atoms with Crippen molar-refractivity contribution in [3.05, 3.63) is 33.3 Å². The Bertz CT molecular complexity index is 729. The number of methoxy groups -OCH3 is 1. The van der Waals surface area contributed by atoms with E-state index < -0.39 is 0 Å². The highest BCUT2D eigenvalue weighted by atomic mass is 35.5. The summed E-state index contributed by atoms with van der Waals surface area (Å²) in [6.07, 6.45) is 2.74. The van der Waals surface area contributed by atoms with Gasteiger partial charge in [-0.05, 0) is 42.8 Å². The third-order valence-electron chi connectivity index (χ3n) is 3.40. The molecule has 6 nitrogen and oxygen atoms in total. The zero-order valence-corrected chi connectivity index (χ0v) is 15.8. The summed E-state index contributed by atoms with van der Waals surface area (Å²) in [5.41, 5.74) is 4.23. The molecule has 0 aliphatic rings. The fourth-order valence-corrected chi connectivity index (χ4v) is 2.78. The SMILES string of the molecule is CCCOc1c(Cl)cc(CNn2c(CCC)n[nH]c2=S)cc1OC. The summed E-state index contributed by atoms with van der Waals surface area (Å²) in [4.78, 5) is 0. The van der Waals surface area contributed by atoms with E-state index in [2.05, 4.69) is 22.5 Å². The van der Waals surface area contributed by atoms with E-state index in [4.69, 9.17) is 33.3 Å². The first-order valence-electron chi connectivity index (χ1n) is 8.00. The summed E-state index contributed by atoms with van der Waals surface area (Å²) in [5.74, 6) is 2.08. The molecule has 2 aromatic rings. The summed E-state index contributed by atoms with van der Waals surface area (Å²) in [6, 6.07) is 3.78. The van der Waals surface area contributed by atoms with Gasteiger partial charge in [-0.2, -0.15) is 5.10 Å². The minimum absolute atomic E-state index is 0.532. The highest BCUT2D eigenvalue weighted by Gasteiger charge is 2.12. The normalized spacial score (nSPS) is 10.7. The van der Waals surface area contributed by atoms with Crippen LogP contribution < -0.4 is 14.9 Å². The van der Waals surface area contributed by atoms with E-state index in [0.717, 1.165) is 30.7 Å². The van der Waals surface area contributed by atoms with Crippen LogP contribution in [0.3, 0.4) is 0 Å². The van der Waals surface area contributed by atoms with Crippen LogP contribution in [-0.2, 0) is 13.0 Å². The highest BCUT2D eigenvalue weighted by Crippen LogP contribution is 2.36. The minimum Gasteiger partial charge on any atom is -0.493 e. The van der Waals surface area contributed by atoms with Gasteiger partial charge in [-0.25, -0.2) is 4.68 Å². The lowest BCUT2D eigenvalue weighted by Crippen LogP contribution is -2.17. The van der Waals surface area contributed by atoms with Crippen molar-refractivity contribution in [1.82, 2.24) is 14.9 Å². The molecule has 0 amide bonds. The lowest BCUT2D eigenvalue weighted by molar-refractivity contribution is 0.294. The molecule has 0 saturated heterocycles. The van der Waals surface area contributed by atoms with E-state index in [-0.39, 0.29) is 0 Å². The molecule has 132 valence electrons. The van der Waals surface area contributed by atoms with Gasteiger partial charge in [0.05, 0.1) is 25.3 Å². The van der Waals surface area contributed by atoms with Crippen molar-refractivity contribution in [2.24, 2.45) is 0 Å². The molecule has 0 aliphatic carbocycles. The molecule has 2 rings (SSSR count). The van der Waals surface area contributed by atoms with Gasteiger partial charge < -0.3 is 14.9 Å². The van der Waals surface area contributed by atoms with Crippen LogP contribution >= 0.6 is 23.8 Å². The van der Waals surface area contributed by atoms with Crippen molar-refractivity contribution >= 4 is 23.8 Å². The second kappa shape index (κ2) is 8.94. The fourth-order valence-electron chi connectivity index (χ4n) is 2.27. The number of benzene rings is 1. The van der Waals surface area contributed by atoms with Crippen LogP contribution in [0.25, 0.3) is 0 Å². The van der Waals surface area contributed by atoms with Crippen LogP contribution in [0.5, 0.6) is 11.5 Å². The van der Waals surface area contributed by atoms with Crippen molar-refractivity contribution in [2.75, 3.05) is 19.1 Å².